The minimum Gasteiger partial charge on any atom is -0.478 e. The zero-order valence-corrected chi connectivity index (χ0v) is 50.9. The van der Waals surface area contributed by atoms with Crippen LogP contribution >= 0.6 is 15.9 Å². The first-order valence-corrected chi connectivity index (χ1v) is 30.0. The SMILES string of the molecule is Cc1cc(-c2ccccc2)ccc1C(=O)N1CC(N2CCN(C(=O)c3ccccc3)CC2)C1.Cc1cc(-c2ccccc2)ccc1C(=O)O.Cc1cc(Br)ccc1C(=O)O.O=C(c1ccccc1)N1CCN(C2CNC2)CC1.OB(O)c1ccccc1. The van der Waals surface area contributed by atoms with Crippen LogP contribution in [0, 0.1) is 20.8 Å². The van der Waals surface area contributed by atoms with Crippen molar-refractivity contribution in [2.45, 2.75) is 32.9 Å². The van der Waals surface area contributed by atoms with Crippen LogP contribution in [0.25, 0.3) is 22.3 Å². The van der Waals surface area contributed by atoms with Crippen LogP contribution in [0.1, 0.15) is 68.5 Å². The van der Waals surface area contributed by atoms with Crippen molar-refractivity contribution in [1.29, 1.82) is 0 Å². The summed E-state index contributed by atoms with van der Waals surface area (Å²) in [7, 11) is -1.34. The van der Waals surface area contributed by atoms with Crippen molar-refractivity contribution in [3.8, 4) is 22.3 Å². The van der Waals surface area contributed by atoms with E-state index in [0.29, 0.717) is 28.7 Å². The van der Waals surface area contributed by atoms with E-state index < -0.39 is 19.1 Å². The molecule has 0 aliphatic carbocycles. The number of carboxylic acid groups (broad SMARTS) is 2. The number of aromatic carboxylic acids is 2. The number of amides is 3. The fourth-order valence-corrected chi connectivity index (χ4v) is 11.1. The molecular weight excluding hydrogens is 1160 g/mol. The maximum absolute atomic E-state index is 13.1. The maximum Gasteiger partial charge on any atom is 0.488 e. The van der Waals surface area contributed by atoms with E-state index in [-0.39, 0.29) is 17.7 Å². The molecule has 4 fully saturated rings. The quantitative estimate of drug-likeness (QED) is 0.0816. The second-order valence-electron chi connectivity index (χ2n) is 21.7. The number of likely N-dealkylation sites (tertiary alicyclic amines) is 1. The molecule has 4 aliphatic heterocycles. The molecule has 0 spiro atoms. The summed E-state index contributed by atoms with van der Waals surface area (Å²) < 4.78 is 0.903. The minimum absolute atomic E-state index is 0.107. The third-order valence-electron chi connectivity index (χ3n) is 15.8. The van der Waals surface area contributed by atoms with Gasteiger partial charge in [-0.25, -0.2) is 9.59 Å². The molecule has 0 aromatic heterocycles. The van der Waals surface area contributed by atoms with Gasteiger partial charge in [0.1, 0.15) is 0 Å². The largest absolute Gasteiger partial charge is 0.488 e. The molecule has 0 unspecified atom stereocenters. The Morgan fingerprint density at radius 2 is 0.782 bits per heavy atom. The number of piperazine rings is 2. The highest BCUT2D eigenvalue weighted by atomic mass is 79.9. The summed E-state index contributed by atoms with van der Waals surface area (Å²) in [5, 5.41) is 38.0. The molecule has 3 amide bonds. The first kappa shape index (κ1) is 64.5. The third kappa shape index (κ3) is 18.0. The van der Waals surface area contributed by atoms with Crippen molar-refractivity contribution in [2.75, 3.05) is 78.5 Å². The topological polar surface area (TPSA) is 195 Å². The normalized spacial score (nSPS) is 14.9. The van der Waals surface area contributed by atoms with Crippen molar-refractivity contribution in [3.05, 3.63) is 255 Å². The Kier molecular flexibility index (Phi) is 23.5. The van der Waals surface area contributed by atoms with E-state index in [1.165, 1.54) is 0 Å². The van der Waals surface area contributed by atoms with Crippen molar-refractivity contribution in [3.63, 3.8) is 0 Å². The molecule has 17 heteroatoms. The average Bonchev–Trinajstić information content (AvgIpc) is 1.46. The second-order valence-corrected chi connectivity index (χ2v) is 22.6. The van der Waals surface area contributed by atoms with Gasteiger partial charge in [-0.05, 0) is 120 Å². The number of aryl methyl sites for hydroxylation is 3. The lowest BCUT2D eigenvalue weighted by Crippen LogP contribution is -2.64. The predicted molar refractivity (Wildman–Crippen MR) is 346 cm³/mol. The summed E-state index contributed by atoms with van der Waals surface area (Å²) in [6, 6.07) is 65.5. The summed E-state index contributed by atoms with van der Waals surface area (Å²) in [4.78, 5) is 70.1. The lowest BCUT2D eigenvalue weighted by molar-refractivity contribution is 0.00847. The number of nitrogens with zero attached hydrogens (tertiary/aromatic N) is 5. The highest BCUT2D eigenvalue weighted by Crippen LogP contribution is 2.27. The lowest BCUT2D eigenvalue weighted by Gasteiger charge is -2.48. The number of carboxylic acids is 2. The summed E-state index contributed by atoms with van der Waals surface area (Å²) in [6.07, 6.45) is 0. The molecule has 0 atom stereocenters. The zero-order chi connectivity index (χ0) is 61.8. The van der Waals surface area contributed by atoms with Gasteiger partial charge in [0.25, 0.3) is 17.7 Å². The van der Waals surface area contributed by atoms with Gasteiger partial charge in [-0.3, -0.25) is 24.2 Å². The molecule has 5 N–H and O–H groups in total. The molecule has 8 aromatic rings. The monoisotopic (exact) mass is 1230 g/mol. The van der Waals surface area contributed by atoms with Crippen LogP contribution in [-0.2, 0) is 0 Å². The van der Waals surface area contributed by atoms with Gasteiger partial charge in [-0.1, -0.05) is 168 Å². The molecule has 8 aromatic carbocycles. The number of benzene rings is 8. The first-order valence-electron chi connectivity index (χ1n) is 29.2. The Hall–Kier alpha value is -8.55. The fourth-order valence-electron chi connectivity index (χ4n) is 10.6. The zero-order valence-electron chi connectivity index (χ0n) is 49.3. The Morgan fingerprint density at radius 1 is 0.414 bits per heavy atom. The number of rotatable bonds is 10. The number of hydrogen-bond donors (Lipinski definition) is 5. The molecule has 4 heterocycles. The standard InChI is InChI=1S/C28H29N3O2.C14H19N3O.C14H12O2.C8H7BrO2.C6H7BO2/c1-21-18-24(22-8-4-2-5-9-22)12-13-26(21)28(33)31-19-25(20-31)29-14-16-30(17-15-29)27(32)23-10-6-3-7-11-23;18-14(12-4-2-1-3-5-12)17-8-6-16(7-9-17)13-10-15-11-13;1-10-9-12(7-8-13(10)14(15)16)11-5-3-2-4-6-11;1-5-4-6(9)2-3-7(5)8(10)11;8-7(9)6-4-2-1-3-5-6/h2-13,18,25H,14-17,19-20H2,1H3;1-5,13,15H,6-11H2;2-9H,1H3,(H,15,16);2-4H,1H3,(H,10,11);1-5,8-9H. The van der Waals surface area contributed by atoms with Gasteiger partial charge in [-0.2, -0.15) is 0 Å². The van der Waals surface area contributed by atoms with Gasteiger partial charge in [0.05, 0.1) is 11.1 Å². The van der Waals surface area contributed by atoms with Crippen molar-refractivity contribution in [1.82, 2.24) is 29.8 Å². The smallest absolute Gasteiger partial charge is 0.478 e. The van der Waals surface area contributed by atoms with Gasteiger partial charge >= 0.3 is 19.1 Å². The summed E-state index contributed by atoms with van der Waals surface area (Å²) in [5.41, 5.74) is 10.6. The van der Waals surface area contributed by atoms with Crippen LogP contribution in [0.4, 0.5) is 0 Å². The number of carbonyl (C=O) groups is 5. The van der Waals surface area contributed by atoms with E-state index in [9.17, 15) is 24.0 Å². The number of carbonyl (C=O) groups excluding carboxylic acids is 3. The van der Waals surface area contributed by atoms with Crippen LogP contribution in [0.5, 0.6) is 0 Å². The minimum atomic E-state index is -1.34. The van der Waals surface area contributed by atoms with Gasteiger partial charge in [0.15, 0.2) is 0 Å². The second kappa shape index (κ2) is 31.7. The molecule has 12 rings (SSSR count). The molecular formula is C70H74BBrN6O9. The van der Waals surface area contributed by atoms with Crippen molar-refractivity contribution < 1.29 is 44.2 Å². The number of nitrogens with one attached hydrogen (secondary N) is 1. The molecule has 0 radical (unpaired) electrons. The molecule has 15 nitrogen and oxygen atoms in total. The highest BCUT2D eigenvalue weighted by molar-refractivity contribution is 9.10. The van der Waals surface area contributed by atoms with Gasteiger partial charge in [0.2, 0.25) is 0 Å². The van der Waals surface area contributed by atoms with Gasteiger partial charge in [0, 0.05) is 112 Å². The summed E-state index contributed by atoms with van der Waals surface area (Å²) in [5.74, 6) is -1.37. The van der Waals surface area contributed by atoms with Crippen molar-refractivity contribution in [2.24, 2.45) is 0 Å². The van der Waals surface area contributed by atoms with Crippen LogP contribution in [0.15, 0.2) is 211 Å². The third-order valence-corrected chi connectivity index (χ3v) is 16.3. The van der Waals surface area contributed by atoms with E-state index in [4.69, 9.17) is 20.3 Å². The van der Waals surface area contributed by atoms with Crippen LogP contribution in [-0.4, -0.2) is 172 Å². The lowest BCUT2D eigenvalue weighted by atomic mass is 9.81. The van der Waals surface area contributed by atoms with E-state index >= 15 is 0 Å². The Morgan fingerprint density at radius 3 is 1.14 bits per heavy atom. The van der Waals surface area contributed by atoms with Gasteiger partial charge in [-0.15, -0.1) is 0 Å². The molecule has 0 bridgehead atoms. The van der Waals surface area contributed by atoms with Crippen LogP contribution in [0.3, 0.4) is 0 Å². The van der Waals surface area contributed by atoms with Crippen LogP contribution < -0.4 is 10.8 Å². The number of halogens is 1. The van der Waals surface area contributed by atoms with Gasteiger partial charge < -0.3 is 40.3 Å². The van der Waals surface area contributed by atoms with E-state index in [1.807, 2.05) is 168 Å². The Labute approximate surface area is 518 Å². The van der Waals surface area contributed by atoms with Crippen LogP contribution in [0.2, 0.25) is 0 Å². The van der Waals surface area contributed by atoms with E-state index in [1.54, 1.807) is 55.5 Å². The molecule has 0 saturated carbocycles. The average molecular weight is 1230 g/mol. The van der Waals surface area contributed by atoms with E-state index in [0.717, 1.165) is 139 Å². The Balaban J connectivity index is 0.000000154. The fraction of sp³-hybridized carbons (Fsp3) is 0.243. The Bertz CT molecular complexity index is 3540. The number of hydrogen-bond acceptors (Lipinski definition) is 10. The molecule has 448 valence electrons. The first-order chi connectivity index (χ1) is 42.0. The summed E-state index contributed by atoms with van der Waals surface area (Å²) in [6.45, 7) is 16.2. The molecule has 4 aliphatic rings. The van der Waals surface area contributed by atoms with Crippen molar-refractivity contribution >= 4 is 58.2 Å². The molecule has 87 heavy (non-hydrogen) atoms. The van der Waals surface area contributed by atoms with E-state index in [2.05, 4.69) is 49.2 Å². The maximum atomic E-state index is 13.1. The highest BCUT2D eigenvalue weighted by Gasteiger charge is 2.37. The summed E-state index contributed by atoms with van der Waals surface area (Å²) >= 11 is 3.25. The molecule has 4 saturated heterocycles. The predicted octanol–water partition coefficient (Wildman–Crippen LogP) is 9.54.